The Bertz CT molecular complexity index is 254. The molecule has 84 valence electrons. The highest BCUT2D eigenvalue weighted by atomic mass is 32.2. The third kappa shape index (κ3) is 3.55. The van der Waals surface area contributed by atoms with E-state index in [-0.39, 0.29) is 17.1 Å². The monoisotopic (exact) mass is 222 g/mol. The summed E-state index contributed by atoms with van der Waals surface area (Å²) in [5.41, 5.74) is 0. The highest BCUT2D eigenvalue weighted by molar-refractivity contribution is 7.92. The van der Waals surface area contributed by atoms with E-state index in [0.717, 1.165) is 0 Å². The molecule has 1 fully saturated rings. The van der Waals surface area contributed by atoms with Crippen LogP contribution in [0.3, 0.4) is 0 Å². The molecule has 0 saturated carbocycles. The van der Waals surface area contributed by atoms with E-state index in [1.54, 1.807) is 0 Å². The zero-order valence-electron chi connectivity index (χ0n) is 8.73. The van der Waals surface area contributed by atoms with Gasteiger partial charge in [0.15, 0.2) is 9.84 Å². The fourth-order valence-electron chi connectivity index (χ4n) is 1.17. The van der Waals surface area contributed by atoms with Crippen molar-refractivity contribution >= 4 is 9.84 Å². The summed E-state index contributed by atoms with van der Waals surface area (Å²) < 4.78 is 33.2. The average Bonchev–Trinajstić information content (AvgIpc) is 1.93. The Kier molecular flexibility index (Phi) is 4.34. The van der Waals surface area contributed by atoms with E-state index in [0.29, 0.717) is 26.2 Å². The molecule has 0 amide bonds. The molecule has 0 unspecified atom stereocenters. The Morgan fingerprint density at radius 3 is 2.50 bits per heavy atom. The lowest BCUT2D eigenvalue weighted by atomic mass is 10.4. The predicted octanol–water partition coefficient (Wildman–Crippen LogP) is 0.615. The molecule has 0 N–H and O–H groups in total. The lowest BCUT2D eigenvalue weighted by Crippen LogP contribution is -2.42. The van der Waals surface area contributed by atoms with Gasteiger partial charge in [0, 0.05) is 6.61 Å². The lowest BCUT2D eigenvalue weighted by molar-refractivity contribution is 0.0412. The minimum absolute atomic E-state index is 0.171. The number of rotatable bonds is 6. The van der Waals surface area contributed by atoms with E-state index >= 15 is 0 Å². The summed E-state index contributed by atoms with van der Waals surface area (Å²) >= 11 is 0. The maximum absolute atomic E-state index is 11.5. The Morgan fingerprint density at radius 1 is 1.43 bits per heavy atom. The van der Waals surface area contributed by atoms with Crippen LogP contribution in [-0.4, -0.2) is 45.3 Å². The highest BCUT2D eigenvalue weighted by Crippen LogP contribution is 2.13. The fraction of sp³-hybridized carbons (Fsp3) is 1.00. The second-order valence-corrected chi connectivity index (χ2v) is 6.20. The third-order valence-corrected chi connectivity index (χ3v) is 4.29. The van der Waals surface area contributed by atoms with Gasteiger partial charge in [-0.2, -0.15) is 0 Å². The van der Waals surface area contributed by atoms with Crippen molar-refractivity contribution in [1.29, 1.82) is 0 Å². The van der Waals surface area contributed by atoms with Crippen molar-refractivity contribution < 1.29 is 17.9 Å². The van der Waals surface area contributed by atoms with Gasteiger partial charge < -0.3 is 9.47 Å². The summed E-state index contributed by atoms with van der Waals surface area (Å²) in [7, 11) is -2.93. The molecule has 0 aromatic carbocycles. The number of ether oxygens (including phenoxy) is 2. The molecule has 0 radical (unpaired) electrons. The van der Waals surface area contributed by atoms with Crippen molar-refractivity contribution in [3.8, 4) is 0 Å². The minimum atomic E-state index is -2.93. The first kappa shape index (κ1) is 11.9. The quantitative estimate of drug-likeness (QED) is 0.618. The molecule has 0 aliphatic carbocycles. The second-order valence-electron chi connectivity index (χ2n) is 3.80. The van der Waals surface area contributed by atoms with Gasteiger partial charge in [-0.25, -0.2) is 8.42 Å². The van der Waals surface area contributed by atoms with Crippen molar-refractivity contribution in [3.05, 3.63) is 0 Å². The first-order valence-corrected chi connectivity index (χ1v) is 6.65. The van der Waals surface area contributed by atoms with Gasteiger partial charge in [-0.05, 0) is 20.3 Å². The Morgan fingerprint density at radius 2 is 2.07 bits per heavy atom. The van der Waals surface area contributed by atoms with Crippen molar-refractivity contribution in [2.75, 3.05) is 25.6 Å². The van der Waals surface area contributed by atoms with E-state index in [2.05, 4.69) is 0 Å². The molecule has 0 aromatic heterocycles. The predicted molar refractivity (Wildman–Crippen MR) is 54.1 cm³/mol. The van der Waals surface area contributed by atoms with Crippen LogP contribution >= 0.6 is 0 Å². The van der Waals surface area contributed by atoms with Crippen LogP contribution in [0.25, 0.3) is 0 Å². The molecule has 1 saturated heterocycles. The van der Waals surface area contributed by atoms with Gasteiger partial charge in [0.05, 0.1) is 25.1 Å². The van der Waals surface area contributed by atoms with E-state index < -0.39 is 9.84 Å². The average molecular weight is 222 g/mol. The summed E-state index contributed by atoms with van der Waals surface area (Å²) in [6, 6.07) is 0. The molecule has 1 rings (SSSR count). The van der Waals surface area contributed by atoms with Crippen LogP contribution in [0.4, 0.5) is 0 Å². The lowest BCUT2D eigenvalue weighted by Gasteiger charge is -2.25. The Labute approximate surface area is 85.5 Å². The maximum atomic E-state index is 11.5. The van der Waals surface area contributed by atoms with Gasteiger partial charge in [0.25, 0.3) is 0 Å². The van der Waals surface area contributed by atoms with E-state index in [1.807, 2.05) is 13.8 Å². The smallest absolute Gasteiger partial charge is 0.157 e. The van der Waals surface area contributed by atoms with Crippen LogP contribution in [-0.2, 0) is 19.3 Å². The number of hydrogen-bond donors (Lipinski definition) is 0. The molecular formula is C9H18O4S. The van der Waals surface area contributed by atoms with Gasteiger partial charge in [0.2, 0.25) is 0 Å². The van der Waals surface area contributed by atoms with Gasteiger partial charge in [0.1, 0.15) is 5.25 Å². The molecule has 0 aromatic rings. The summed E-state index contributed by atoms with van der Waals surface area (Å²) in [4.78, 5) is 0. The fourth-order valence-corrected chi connectivity index (χ4v) is 2.63. The molecular weight excluding hydrogens is 204 g/mol. The molecule has 1 aliphatic heterocycles. The van der Waals surface area contributed by atoms with E-state index in [9.17, 15) is 8.42 Å². The van der Waals surface area contributed by atoms with Gasteiger partial charge >= 0.3 is 0 Å². The number of sulfone groups is 1. The Hall–Kier alpha value is -0.130. The molecule has 1 heterocycles. The zero-order chi connectivity index (χ0) is 10.6. The minimum Gasteiger partial charge on any atom is -0.379 e. The maximum Gasteiger partial charge on any atom is 0.157 e. The van der Waals surface area contributed by atoms with Gasteiger partial charge in [-0.1, -0.05) is 0 Å². The van der Waals surface area contributed by atoms with E-state index in [1.165, 1.54) is 0 Å². The van der Waals surface area contributed by atoms with Crippen LogP contribution in [0, 0.1) is 0 Å². The molecule has 14 heavy (non-hydrogen) atoms. The summed E-state index contributed by atoms with van der Waals surface area (Å²) in [6.07, 6.45) is 0.751. The van der Waals surface area contributed by atoms with Gasteiger partial charge in [-0.3, -0.25) is 0 Å². The topological polar surface area (TPSA) is 52.6 Å². The normalized spacial score (nSPS) is 18.5. The first-order chi connectivity index (χ1) is 6.52. The highest BCUT2D eigenvalue weighted by Gasteiger charge is 2.31. The third-order valence-electron chi connectivity index (χ3n) is 2.14. The summed E-state index contributed by atoms with van der Waals surface area (Å²) in [5.74, 6) is 0.216. The molecule has 5 heteroatoms. The first-order valence-electron chi connectivity index (χ1n) is 4.93. The van der Waals surface area contributed by atoms with Crippen LogP contribution in [0.2, 0.25) is 0 Å². The van der Waals surface area contributed by atoms with Crippen molar-refractivity contribution in [3.63, 3.8) is 0 Å². The zero-order valence-corrected chi connectivity index (χ0v) is 9.55. The van der Waals surface area contributed by atoms with Crippen LogP contribution in [0.5, 0.6) is 0 Å². The van der Waals surface area contributed by atoms with Crippen molar-refractivity contribution in [2.45, 2.75) is 31.6 Å². The largest absolute Gasteiger partial charge is 0.379 e. The summed E-state index contributed by atoms with van der Waals surface area (Å²) in [6.45, 7) is 5.13. The number of hydrogen-bond acceptors (Lipinski definition) is 4. The molecule has 0 spiro atoms. The molecule has 1 aliphatic rings. The Balaban J connectivity index is 2.16. The SMILES string of the molecule is CC(C)OCCCS(=O)(=O)C1COC1. The van der Waals surface area contributed by atoms with Crippen molar-refractivity contribution in [2.24, 2.45) is 0 Å². The molecule has 4 nitrogen and oxygen atoms in total. The van der Waals surface area contributed by atoms with E-state index in [4.69, 9.17) is 9.47 Å². The van der Waals surface area contributed by atoms with Gasteiger partial charge in [-0.15, -0.1) is 0 Å². The van der Waals surface area contributed by atoms with Crippen LogP contribution in [0.1, 0.15) is 20.3 Å². The standard InChI is InChI=1S/C9H18O4S/c1-8(2)13-4-3-5-14(10,11)9-6-12-7-9/h8-9H,3-7H2,1-2H3. The molecule has 0 bridgehead atoms. The van der Waals surface area contributed by atoms with Crippen molar-refractivity contribution in [1.82, 2.24) is 0 Å². The molecule has 0 atom stereocenters. The second kappa shape index (κ2) is 5.09. The van der Waals surface area contributed by atoms with Crippen LogP contribution in [0.15, 0.2) is 0 Å². The van der Waals surface area contributed by atoms with Crippen LogP contribution < -0.4 is 0 Å². The summed E-state index contributed by atoms with van der Waals surface area (Å²) in [5, 5.41) is -0.262.